The maximum Gasteiger partial charge on any atom is 0.225 e. The maximum absolute atomic E-state index is 4.40. The van der Waals surface area contributed by atoms with Crippen LogP contribution in [-0.2, 0) is 0 Å². The average Bonchev–Trinajstić information content (AvgIpc) is 2.49. The summed E-state index contributed by atoms with van der Waals surface area (Å²) in [4.78, 5) is 19.4. The summed E-state index contributed by atoms with van der Waals surface area (Å²) in [5, 5.41) is 3.48. The Morgan fingerprint density at radius 3 is 2.43 bits per heavy atom. The number of anilines is 2. The van der Waals surface area contributed by atoms with E-state index in [1.54, 1.807) is 6.33 Å². The van der Waals surface area contributed by atoms with Crippen molar-refractivity contribution in [3.8, 4) is 0 Å². The van der Waals surface area contributed by atoms with E-state index in [9.17, 15) is 0 Å². The summed E-state index contributed by atoms with van der Waals surface area (Å²) >= 11 is 0. The molecule has 3 heterocycles. The third-order valence-corrected chi connectivity index (χ3v) is 3.70. The topological polar surface area (TPSA) is 66.8 Å². The molecule has 1 aliphatic rings. The molecule has 0 aromatic carbocycles. The van der Waals surface area contributed by atoms with Crippen molar-refractivity contribution in [3.63, 3.8) is 0 Å². The Labute approximate surface area is 124 Å². The van der Waals surface area contributed by atoms with E-state index >= 15 is 0 Å². The van der Waals surface area contributed by atoms with Crippen molar-refractivity contribution < 1.29 is 0 Å². The largest absolute Gasteiger partial charge is 0.367 e. The first kappa shape index (κ1) is 13.7. The van der Waals surface area contributed by atoms with Crippen LogP contribution in [0.3, 0.4) is 0 Å². The maximum atomic E-state index is 4.40. The standard InChI is InChI=1S/C15H20N6/c1-11-8-16-15(17-9-11)21-5-3-13(4-6-21)20-14-7-12(2)18-10-19-14/h7-10,13H,3-6H2,1-2H3,(H,18,19,20). The number of hydrogen-bond acceptors (Lipinski definition) is 6. The SMILES string of the molecule is Cc1cnc(N2CCC(Nc3cc(C)ncn3)CC2)nc1. The van der Waals surface area contributed by atoms with Crippen molar-refractivity contribution in [2.45, 2.75) is 32.7 Å². The van der Waals surface area contributed by atoms with E-state index in [2.05, 4.69) is 30.2 Å². The van der Waals surface area contributed by atoms with E-state index < -0.39 is 0 Å². The van der Waals surface area contributed by atoms with Crippen molar-refractivity contribution in [1.82, 2.24) is 19.9 Å². The van der Waals surface area contributed by atoms with Gasteiger partial charge in [0.05, 0.1) is 0 Å². The lowest BCUT2D eigenvalue weighted by molar-refractivity contribution is 0.518. The lowest BCUT2D eigenvalue weighted by atomic mass is 10.1. The summed E-state index contributed by atoms with van der Waals surface area (Å²) < 4.78 is 0. The van der Waals surface area contributed by atoms with Crippen LogP contribution in [-0.4, -0.2) is 39.1 Å². The number of hydrogen-bond donors (Lipinski definition) is 1. The first-order chi connectivity index (χ1) is 10.2. The fourth-order valence-corrected chi connectivity index (χ4v) is 2.52. The number of aryl methyl sites for hydroxylation is 2. The molecule has 0 saturated carbocycles. The molecule has 0 aliphatic carbocycles. The quantitative estimate of drug-likeness (QED) is 0.929. The van der Waals surface area contributed by atoms with Gasteiger partial charge in [-0.1, -0.05) is 0 Å². The van der Waals surface area contributed by atoms with E-state index in [1.807, 2.05) is 32.3 Å². The average molecular weight is 284 g/mol. The van der Waals surface area contributed by atoms with Crippen LogP contribution in [0.15, 0.2) is 24.8 Å². The first-order valence-electron chi connectivity index (χ1n) is 7.29. The molecule has 1 saturated heterocycles. The molecule has 0 unspecified atom stereocenters. The number of aromatic nitrogens is 4. The zero-order valence-electron chi connectivity index (χ0n) is 12.5. The van der Waals surface area contributed by atoms with Gasteiger partial charge in [-0.05, 0) is 32.3 Å². The molecule has 3 rings (SSSR count). The molecule has 0 radical (unpaired) electrons. The molecule has 1 N–H and O–H groups in total. The van der Waals surface area contributed by atoms with Crippen molar-refractivity contribution in [3.05, 3.63) is 36.0 Å². The Morgan fingerprint density at radius 2 is 1.76 bits per heavy atom. The van der Waals surface area contributed by atoms with Crippen LogP contribution in [0.5, 0.6) is 0 Å². The van der Waals surface area contributed by atoms with Gasteiger partial charge in [0.25, 0.3) is 0 Å². The highest BCUT2D eigenvalue weighted by Crippen LogP contribution is 2.18. The van der Waals surface area contributed by atoms with E-state index in [0.717, 1.165) is 49.0 Å². The third-order valence-electron chi connectivity index (χ3n) is 3.70. The minimum Gasteiger partial charge on any atom is -0.367 e. The molecule has 0 amide bonds. The normalized spacial score (nSPS) is 16.0. The molecule has 0 spiro atoms. The molecule has 0 atom stereocenters. The number of nitrogens with one attached hydrogen (secondary N) is 1. The first-order valence-corrected chi connectivity index (χ1v) is 7.29. The van der Waals surface area contributed by atoms with Crippen LogP contribution in [0, 0.1) is 13.8 Å². The summed E-state index contributed by atoms with van der Waals surface area (Å²) in [6.07, 6.45) is 7.46. The molecule has 6 nitrogen and oxygen atoms in total. The van der Waals surface area contributed by atoms with Gasteiger partial charge >= 0.3 is 0 Å². The minimum absolute atomic E-state index is 0.445. The molecule has 1 fully saturated rings. The Balaban J connectivity index is 1.56. The van der Waals surface area contributed by atoms with Gasteiger partial charge in [0.1, 0.15) is 12.1 Å². The molecular formula is C15H20N6. The van der Waals surface area contributed by atoms with E-state index in [-0.39, 0.29) is 0 Å². The summed E-state index contributed by atoms with van der Waals surface area (Å²) in [6, 6.07) is 2.43. The zero-order chi connectivity index (χ0) is 14.7. The van der Waals surface area contributed by atoms with Crippen molar-refractivity contribution in [2.75, 3.05) is 23.3 Å². The smallest absolute Gasteiger partial charge is 0.225 e. The molecule has 110 valence electrons. The molecule has 6 heteroatoms. The second-order valence-corrected chi connectivity index (χ2v) is 5.51. The Kier molecular flexibility index (Phi) is 3.94. The van der Waals surface area contributed by atoms with Crippen LogP contribution < -0.4 is 10.2 Å². The van der Waals surface area contributed by atoms with Gasteiger partial charge in [-0.2, -0.15) is 0 Å². The lowest BCUT2D eigenvalue weighted by Gasteiger charge is -2.32. The van der Waals surface area contributed by atoms with Crippen LogP contribution in [0.25, 0.3) is 0 Å². The van der Waals surface area contributed by atoms with Crippen molar-refractivity contribution in [2.24, 2.45) is 0 Å². The second-order valence-electron chi connectivity index (χ2n) is 5.51. The van der Waals surface area contributed by atoms with Gasteiger partial charge in [0.2, 0.25) is 5.95 Å². The van der Waals surface area contributed by atoms with Gasteiger partial charge in [0.15, 0.2) is 0 Å². The summed E-state index contributed by atoms with van der Waals surface area (Å²) in [7, 11) is 0. The number of nitrogens with zero attached hydrogens (tertiary/aromatic N) is 5. The van der Waals surface area contributed by atoms with Gasteiger partial charge in [-0.3, -0.25) is 0 Å². The highest BCUT2D eigenvalue weighted by Gasteiger charge is 2.21. The summed E-state index contributed by atoms with van der Waals surface area (Å²) in [6.45, 7) is 5.91. The van der Waals surface area contributed by atoms with Gasteiger partial charge < -0.3 is 10.2 Å². The monoisotopic (exact) mass is 284 g/mol. The fourth-order valence-electron chi connectivity index (χ4n) is 2.52. The van der Waals surface area contributed by atoms with Gasteiger partial charge in [-0.25, -0.2) is 19.9 Å². The predicted molar refractivity (Wildman–Crippen MR) is 82.4 cm³/mol. The summed E-state index contributed by atoms with van der Waals surface area (Å²) in [5.74, 6) is 1.74. The molecule has 0 bridgehead atoms. The fraction of sp³-hybridized carbons (Fsp3) is 0.467. The highest BCUT2D eigenvalue weighted by molar-refractivity contribution is 5.37. The second kappa shape index (κ2) is 6.03. The molecule has 21 heavy (non-hydrogen) atoms. The zero-order valence-corrected chi connectivity index (χ0v) is 12.5. The molecule has 2 aromatic heterocycles. The van der Waals surface area contributed by atoms with Crippen molar-refractivity contribution in [1.29, 1.82) is 0 Å². The minimum atomic E-state index is 0.445. The number of piperidine rings is 1. The van der Waals surface area contributed by atoms with Crippen LogP contribution in [0.1, 0.15) is 24.1 Å². The number of rotatable bonds is 3. The van der Waals surface area contributed by atoms with Gasteiger partial charge in [0, 0.05) is 43.3 Å². The van der Waals surface area contributed by atoms with E-state index in [0.29, 0.717) is 6.04 Å². The van der Waals surface area contributed by atoms with Gasteiger partial charge in [-0.15, -0.1) is 0 Å². The van der Waals surface area contributed by atoms with Crippen LogP contribution >= 0.6 is 0 Å². The van der Waals surface area contributed by atoms with E-state index in [4.69, 9.17) is 0 Å². The van der Waals surface area contributed by atoms with Crippen LogP contribution in [0.2, 0.25) is 0 Å². The molecule has 1 aliphatic heterocycles. The molecule has 2 aromatic rings. The molecular weight excluding hydrogens is 264 g/mol. The third kappa shape index (κ3) is 3.45. The van der Waals surface area contributed by atoms with Crippen molar-refractivity contribution >= 4 is 11.8 Å². The highest BCUT2D eigenvalue weighted by atomic mass is 15.3. The Morgan fingerprint density at radius 1 is 1.05 bits per heavy atom. The Hall–Kier alpha value is -2.24. The Bertz CT molecular complexity index is 589. The lowest BCUT2D eigenvalue weighted by Crippen LogP contribution is -2.40. The van der Waals surface area contributed by atoms with Crippen LogP contribution in [0.4, 0.5) is 11.8 Å². The van der Waals surface area contributed by atoms with E-state index in [1.165, 1.54) is 0 Å². The predicted octanol–water partition coefficient (Wildman–Crippen LogP) is 1.96. The summed E-state index contributed by atoms with van der Waals surface area (Å²) in [5.41, 5.74) is 2.08.